The molecule has 1 aliphatic heterocycles. The van der Waals surface area contributed by atoms with Crippen LogP contribution in [0.5, 0.6) is 0 Å². The van der Waals surface area contributed by atoms with E-state index in [0.29, 0.717) is 25.6 Å². The second-order valence-corrected chi connectivity index (χ2v) is 8.85. The molecule has 0 aliphatic carbocycles. The van der Waals surface area contributed by atoms with Crippen molar-refractivity contribution in [3.63, 3.8) is 0 Å². The second kappa shape index (κ2) is 8.72. The first-order valence-corrected chi connectivity index (χ1v) is 10.5. The van der Waals surface area contributed by atoms with Gasteiger partial charge in [0.05, 0.1) is 0 Å². The van der Waals surface area contributed by atoms with Gasteiger partial charge in [-0.2, -0.15) is 24.5 Å². The van der Waals surface area contributed by atoms with E-state index < -0.39 is 10.2 Å². The average molecular weight is 338 g/mol. The number of hydrogen-bond acceptors (Lipinski definition) is 4. The van der Waals surface area contributed by atoms with Gasteiger partial charge in [-0.05, 0) is 51.4 Å². The maximum absolute atomic E-state index is 12.4. The molecule has 2 N–H and O–H groups in total. The van der Waals surface area contributed by atoms with Crippen LogP contribution in [0.3, 0.4) is 0 Å². The summed E-state index contributed by atoms with van der Waals surface area (Å²) < 4.78 is 29.3. The molecule has 0 aromatic heterocycles. The number of hydrogen-bond donors (Lipinski definition) is 2. The Morgan fingerprint density at radius 2 is 1.81 bits per heavy atom. The summed E-state index contributed by atoms with van der Waals surface area (Å²) in [5.74, 6) is 0.595. The maximum atomic E-state index is 12.4. The summed E-state index contributed by atoms with van der Waals surface area (Å²) in [7, 11) is -1.39. The first-order valence-electron chi connectivity index (χ1n) is 7.87. The molecule has 0 aromatic rings. The van der Waals surface area contributed by atoms with Gasteiger partial charge < -0.3 is 5.32 Å². The molecule has 0 unspecified atom stereocenters. The average Bonchev–Trinajstić information content (AvgIpc) is 2.50. The minimum absolute atomic E-state index is 0.0114. The van der Waals surface area contributed by atoms with Crippen LogP contribution in [0.1, 0.15) is 39.5 Å². The number of nitrogens with zero attached hydrogens (tertiary/aromatic N) is 1. The van der Waals surface area contributed by atoms with Crippen molar-refractivity contribution >= 4 is 22.0 Å². The van der Waals surface area contributed by atoms with Gasteiger partial charge in [0, 0.05) is 24.4 Å². The zero-order chi connectivity index (χ0) is 15.9. The fourth-order valence-corrected chi connectivity index (χ4v) is 5.04. The molecular formula is C14H31N3O2S2. The summed E-state index contributed by atoms with van der Waals surface area (Å²) >= 11 is 1.76. The number of thioether (sulfide) groups is 1. The Balaban J connectivity index is 2.55. The third-order valence-electron chi connectivity index (χ3n) is 4.70. The highest BCUT2D eigenvalue weighted by atomic mass is 32.2. The molecule has 0 aromatic carbocycles. The van der Waals surface area contributed by atoms with Gasteiger partial charge in [-0.3, -0.25) is 0 Å². The highest BCUT2D eigenvalue weighted by Crippen LogP contribution is 2.30. The van der Waals surface area contributed by atoms with Crippen molar-refractivity contribution in [2.24, 2.45) is 5.92 Å². The molecule has 0 radical (unpaired) electrons. The topological polar surface area (TPSA) is 61.4 Å². The minimum atomic E-state index is -3.34. The van der Waals surface area contributed by atoms with Crippen molar-refractivity contribution in [2.75, 3.05) is 39.5 Å². The van der Waals surface area contributed by atoms with Crippen LogP contribution in [0.15, 0.2) is 0 Å². The van der Waals surface area contributed by atoms with Gasteiger partial charge in [-0.25, -0.2) is 4.72 Å². The minimum Gasteiger partial charge on any atom is -0.319 e. The third-order valence-corrected chi connectivity index (χ3v) is 7.85. The monoisotopic (exact) mass is 337 g/mol. The van der Waals surface area contributed by atoms with Gasteiger partial charge in [-0.1, -0.05) is 13.8 Å². The second-order valence-electron chi connectivity index (χ2n) is 5.82. The van der Waals surface area contributed by atoms with Crippen LogP contribution in [-0.4, -0.2) is 57.0 Å². The lowest BCUT2D eigenvalue weighted by Crippen LogP contribution is -2.49. The third kappa shape index (κ3) is 5.39. The van der Waals surface area contributed by atoms with E-state index in [1.165, 1.54) is 0 Å². The van der Waals surface area contributed by atoms with Crippen LogP contribution in [0.4, 0.5) is 0 Å². The Kier molecular flexibility index (Phi) is 7.98. The maximum Gasteiger partial charge on any atom is 0.279 e. The smallest absolute Gasteiger partial charge is 0.279 e. The Labute approximate surface area is 134 Å². The largest absolute Gasteiger partial charge is 0.319 e. The fraction of sp³-hybridized carbons (Fsp3) is 1.00. The molecule has 5 nitrogen and oxygen atoms in total. The van der Waals surface area contributed by atoms with Crippen molar-refractivity contribution < 1.29 is 8.42 Å². The summed E-state index contributed by atoms with van der Waals surface area (Å²) in [6.07, 6.45) is 5.88. The lowest BCUT2D eigenvalue weighted by Gasteiger charge is -2.34. The summed E-state index contributed by atoms with van der Waals surface area (Å²) in [6.45, 7) is 7.00. The van der Waals surface area contributed by atoms with Crippen molar-refractivity contribution in [2.45, 2.75) is 44.3 Å². The highest BCUT2D eigenvalue weighted by molar-refractivity contribution is 8.00. The first kappa shape index (κ1) is 19.2. The van der Waals surface area contributed by atoms with Crippen LogP contribution in [0.25, 0.3) is 0 Å². The van der Waals surface area contributed by atoms with E-state index in [-0.39, 0.29) is 4.75 Å². The predicted octanol–water partition coefficient (Wildman–Crippen LogP) is 1.67. The quantitative estimate of drug-likeness (QED) is 0.672. The Hall–Kier alpha value is 0.180. The van der Waals surface area contributed by atoms with Crippen LogP contribution in [-0.2, 0) is 10.2 Å². The molecule has 1 fully saturated rings. The molecule has 1 heterocycles. The van der Waals surface area contributed by atoms with Crippen LogP contribution in [0.2, 0.25) is 0 Å². The number of piperidine rings is 1. The number of rotatable bonds is 9. The molecule has 0 bridgehead atoms. The van der Waals surface area contributed by atoms with Gasteiger partial charge in [0.25, 0.3) is 10.2 Å². The molecule has 0 amide bonds. The number of nitrogens with one attached hydrogen (secondary N) is 2. The van der Waals surface area contributed by atoms with Gasteiger partial charge >= 0.3 is 0 Å². The first-order chi connectivity index (χ1) is 9.93. The lowest BCUT2D eigenvalue weighted by molar-refractivity contribution is 0.267. The zero-order valence-electron chi connectivity index (χ0n) is 13.8. The van der Waals surface area contributed by atoms with Gasteiger partial charge in [0.2, 0.25) is 0 Å². The van der Waals surface area contributed by atoms with Crippen molar-refractivity contribution in [3.05, 3.63) is 0 Å². The van der Waals surface area contributed by atoms with Crippen molar-refractivity contribution in [1.82, 2.24) is 14.3 Å². The molecule has 126 valence electrons. The van der Waals surface area contributed by atoms with E-state index in [2.05, 4.69) is 30.1 Å². The van der Waals surface area contributed by atoms with E-state index in [4.69, 9.17) is 0 Å². The summed E-state index contributed by atoms with van der Waals surface area (Å²) in [6, 6.07) is 0. The molecule has 1 saturated heterocycles. The lowest BCUT2D eigenvalue weighted by atomic mass is 9.98. The normalized spacial score (nSPS) is 19.0. The molecule has 21 heavy (non-hydrogen) atoms. The Morgan fingerprint density at radius 1 is 1.24 bits per heavy atom. The Morgan fingerprint density at radius 3 is 2.24 bits per heavy atom. The van der Waals surface area contributed by atoms with E-state index >= 15 is 0 Å². The zero-order valence-corrected chi connectivity index (χ0v) is 15.4. The predicted molar refractivity (Wildman–Crippen MR) is 92.0 cm³/mol. The van der Waals surface area contributed by atoms with Gasteiger partial charge in [-0.15, -0.1) is 0 Å². The SMILES string of the molecule is CCC(CC)(CNS(=O)(=O)N1CCC(CNC)CC1)SC. The molecular weight excluding hydrogens is 306 g/mol. The van der Waals surface area contributed by atoms with E-state index in [9.17, 15) is 8.42 Å². The van der Waals surface area contributed by atoms with Gasteiger partial charge in [0.1, 0.15) is 0 Å². The van der Waals surface area contributed by atoms with Crippen LogP contribution >= 0.6 is 11.8 Å². The molecule has 0 atom stereocenters. The highest BCUT2D eigenvalue weighted by Gasteiger charge is 2.31. The summed E-state index contributed by atoms with van der Waals surface area (Å²) in [5.41, 5.74) is 0. The van der Waals surface area contributed by atoms with Crippen LogP contribution in [0, 0.1) is 5.92 Å². The van der Waals surface area contributed by atoms with Crippen molar-refractivity contribution in [1.29, 1.82) is 0 Å². The molecule has 7 heteroatoms. The van der Waals surface area contributed by atoms with Crippen LogP contribution < -0.4 is 10.0 Å². The summed E-state index contributed by atoms with van der Waals surface area (Å²) in [5, 5.41) is 3.17. The summed E-state index contributed by atoms with van der Waals surface area (Å²) in [4.78, 5) is 0. The molecule has 1 rings (SSSR count). The van der Waals surface area contributed by atoms with Gasteiger partial charge in [0.15, 0.2) is 0 Å². The molecule has 0 spiro atoms. The Bertz CT molecular complexity index is 381. The van der Waals surface area contributed by atoms with Crippen molar-refractivity contribution in [3.8, 4) is 0 Å². The van der Waals surface area contributed by atoms with E-state index in [1.54, 1.807) is 16.1 Å². The van der Waals surface area contributed by atoms with E-state index in [0.717, 1.165) is 32.2 Å². The fourth-order valence-electron chi connectivity index (χ4n) is 2.82. The standard InChI is InChI=1S/C14H31N3O2S2/c1-5-14(6-2,20-4)12-16-21(18,19)17-9-7-13(8-10-17)11-15-3/h13,15-16H,5-12H2,1-4H3. The van der Waals surface area contributed by atoms with E-state index in [1.807, 2.05) is 7.05 Å². The molecule has 1 aliphatic rings. The molecule has 0 saturated carbocycles.